The number of nitrogens with two attached hydrogens (primary N) is 1. The minimum atomic E-state index is -0.633. The van der Waals surface area contributed by atoms with Crippen LogP contribution in [0, 0.1) is 19.7 Å². The van der Waals surface area contributed by atoms with Crippen molar-refractivity contribution in [2.24, 2.45) is 0 Å². The standard InChI is InChI=1S/C21H21FN6O2/c1-12-16(10-24-13(2)26-12)21(30)27-9-3-4-18(27)19(29)17-11-25-28(20(17)23)15-7-5-14(22)6-8-15/h5-8,10-11,18H,3-4,9,23H2,1-2H3. The summed E-state index contributed by atoms with van der Waals surface area (Å²) in [5.41, 5.74) is 7.92. The van der Waals surface area contributed by atoms with Crippen molar-refractivity contribution in [1.82, 2.24) is 24.6 Å². The number of amides is 1. The van der Waals surface area contributed by atoms with Crippen molar-refractivity contribution < 1.29 is 14.0 Å². The fraction of sp³-hybridized carbons (Fsp3) is 0.286. The zero-order valence-corrected chi connectivity index (χ0v) is 16.7. The van der Waals surface area contributed by atoms with Crippen LogP contribution in [0.25, 0.3) is 5.69 Å². The third-order valence-corrected chi connectivity index (χ3v) is 5.29. The largest absolute Gasteiger partial charge is 0.383 e. The van der Waals surface area contributed by atoms with E-state index in [9.17, 15) is 14.0 Å². The molecule has 1 aliphatic rings. The predicted octanol–water partition coefficient (Wildman–Crippen LogP) is 2.49. The zero-order chi connectivity index (χ0) is 21.4. The van der Waals surface area contributed by atoms with Crippen molar-refractivity contribution in [2.75, 3.05) is 12.3 Å². The van der Waals surface area contributed by atoms with Gasteiger partial charge in [0.05, 0.1) is 34.7 Å². The minimum Gasteiger partial charge on any atom is -0.383 e. The Morgan fingerprint density at radius 1 is 1.13 bits per heavy atom. The first-order valence-electron chi connectivity index (χ1n) is 9.61. The number of rotatable bonds is 4. The molecule has 1 amide bonds. The van der Waals surface area contributed by atoms with E-state index in [1.807, 2.05) is 0 Å². The smallest absolute Gasteiger partial charge is 0.257 e. The number of nitrogens with zero attached hydrogens (tertiary/aromatic N) is 5. The highest BCUT2D eigenvalue weighted by Crippen LogP contribution is 2.27. The lowest BCUT2D eigenvalue weighted by Crippen LogP contribution is -2.41. The average Bonchev–Trinajstić information content (AvgIpc) is 3.35. The van der Waals surface area contributed by atoms with Crippen LogP contribution in [0.1, 0.15) is 45.1 Å². The van der Waals surface area contributed by atoms with Gasteiger partial charge < -0.3 is 10.6 Å². The van der Waals surface area contributed by atoms with E-state index in [-0.39, 0.29) is 28.9 Å². The first-order valence-corrected chi connectivity index (χ1v) is 9.61. The second-order valence-corrected chi connectivity index (χ2v) is 7.27. The van der Waals surface area contributed by atoms with Crippen molar-refractivity contribution in [3.05, 3.63) is 65.1 Å². The van der Waals surface area contributed by atoms with Gasteiger partial charge in [-0.25, -0.2) is 19.0 Å². The van der Waals surface area contributed by atoms with Gasteiger partial charge in [0.2, 0.25) is 0 Å². The van der Waals surface area contributed by atoms with Gasteiger partial charge in [0.1, 0.15) is 17.5 Å². The van der Waals surface area contributed by atoms with Gasteiger partial charge in [-0.1, -0.05) is 0 Å². The normalized spacial score (nSPS) is 16.1. The number of aromatic nitrogens is 4. The Labute approximate surface area is 172 Å². The molecule has 0 bridgehead atoms. The summed E-state index contributed by atoms with van der Waals surface area (Å²) in [6.45, 7) is 3.97. The van der Waals surface area contributed by atoms with Crippen molar-refractivity contribution in [2.45, 2.75) is 32.7 Å². The highest BCUT2D eigenvalue weighted by molar-refractivity contribution is 6.07. The van der Waals surface area contributed by atoms with E-state index in [0.29, 0.717) is 42.2 Å². The molecule has 4 rings (SSSR count). The number of carbonyl (C=O) groups is 2. The molecule has 2 N–H and O–H groups in total. The van der Waals surface area contributed by atoms with Crippen LogP contribution in [-0.2, 0) is 0 Å². The molecule has 9 heteroatoms. The number of hydrogen-bond donors (Lipinski definition) is 1. The number of hydrogen-bond acceptors (Lipinski definition) is 6. The number of benzene rings is 1. The number of aryl methyl sites for hydroxylation is 2. The van der Waals surface area contributed by atoms with Gasteiger partial charge >= 0.3 is 0 Å². The maximum absolute atomic E-state index is 13.2. The second kappa shape index (κ2) is 7.66. The fourth-order valence-electron chi connectivity index (χ4n) is 3.75. The molecule has 0 saturated carbocycles. The molecule has 1 fully saturated rings. The SMILES string of the molecule is Cc1ncc(C(=O)N2CCCC2C(=O)c2cnn(-c3ccc(F)cc3)c2N)c(C)n1. The van der Waals surface area contributed by atoms with Crippen LogP contribution in [-0.4, -0.2) is 48.9 Å². The van der Waals surface area contributed by atoms with Crippen LogP contribution in [0.3, 0.4) is 0 Å². The average molecular weight is 408 g/mol. The molecule has 1 atom stereocenters. The Morgan fingerprint density at radius 3 is 2.57 bits per heavy atom. The predicted molar refractivity (Wildman–Crippen MR) is 108 cm³/mol. The number of Topliss-reactive ketones (excluding diaryl/α,β-unsaturated/α-hetero) is 1. The summed E-state index contributed by atoms with van der Waals surface area (Å²) < 4.78 is 14.6. The van der Waals surface area contributed by atoms with E-state index in [1.54, 1.807) is 18.7 Å². The molecule has 1 aromatic carbocycles. The Hall–Kier alpha value is -3.62. The molecule has 3 aromatic rings. The zero-order valence-electron chi connectivity index (χ0n) is 16.7. The molecule has 0 spiro atoms. The van der Waals surface area contributed by atoms with Gasteiger partial charge in [-0.15, -0.1) is 0 Å². The molecule has 3 heterocycles. The Kier molecular flexibility index (Phi) is 5.03. The summed E-state index contributed by atoms with van der Waals surface area (Å²) in [7, 11) is 0. The van der Waals surface area contributed by atoms with Crippen molar-refractivity contribution >= 4 is 17.5 Å². The Balaban J connectivity index is 1.61. The van der Waals surface area contributed by atoms with Gasteiger partial charge in [-0.2, -0.15) is 5.10 Å². The number of anilines is 1. The third-order valence-electron chi connectivity index (χ3n) is 5.29. The van der Waals surface area contributed by atoms with E-state index in [0.717, 1.165) is 0 Å². The molecule has 0 radical (unpaired) electrons. The van der Waals surface area contributed by atoms with E-state index >= 15 is 0 Å². The molecule has 1 aliphatic heterocycles. The van der Waals surface area contributed by atoms with Crippen molar-refractivity contribution in [3.8, 4) is 5.69 Å². The number of ketones is 1. The minimum absolute atomic E-state index is 0.153. The van der Waals surface area contributed by atoms with E-state index in [1.165, 1.54) is 41.3 Å². The van der Waals surface area contributed by atoms with E-state index in [4.69, 9.17) is 5.73 Å². The molecule has 1 unspecified atom stereocenters. The van der Waals surface area contributed by atoms with Crippen LogP contribution < -0.4 is 5.73 Å². The molecular formula is C21H21FN6O2. The van der Waals surface area contributed by atoms with Crippen LogP contribution in [0.2, 0.25) is 0 Å². The number of likely N-dealkylation sites (tertiary alicyclic amines) is 1. The Morgan fingerprint density at radius 2 is 1.87 bits per heavy atom. The number of nitrogen functional groups attached to an aromatic ring is 1. The molecule has 0 aliphatic carbocycles. The number of carbonyl (C=O) groups excluding carboxylic acids is 2. The first kappa shape index (κ1) is 19.7. The molecule has 30 heavy (non-hydrogen) atoms. The maximum atomic E-state index is 13.2. The molecule has 154 valence electrons. The highest BCUT2D eigenvalue weighted by atomic mass is 19.1. The highest BCUT2D eigenvalue weighted by Gasteiger charge is 2.37. The molecule has 8 nitrogen and oxygen atoms in total. The van der Waals surface area contributed by atoms with Gasteiger partial charge in [-0.3, -0.25) is 9.59 Å². The van der Waals surface area contributed by atoms with Gasteiger partial charge in [-0.05, 0) is 51.0 Å². The molecular weight excluding hydrogens is 387 g/mol. The monoisotopic (exact) mass is 408 g/mol. The lowest BCUT2D eigenvalue weighted by atomic mass is 10.0. The van der Waals surface area contributed by atoms with E-state index in [2.05, 4.69) is 15.1 Å². The summed E-state index contributed by atoms with van der Waals surface area (Å²) in [5.74, 6) is -0.179. The maximum Gasteiger partial charge on any atom is 0.257 e. The Bertz CT molecular complexity index is 1130. The molecule has 1 saturated heterocycles. The van der Waals surface area contributed by atoms with Gasteiger partial charge in [0.25, 0.3) is 5.91 Å². The summed E-state index contributed by atoms with van der Waals surface area (Å²) in [4.78, 5) is 36.2. The van der Waals surface area contributed by atoms with Gasteiger partial charge in [0.15, 0.2) is 5.78 Å². The topological polar surface area (TPSA) is 107 Å². The van der Waals surface area contributed by atoms with Gasteiger partial charge in [0, 0.05) is 12.7 Å². The summed E-state index contributed by atoms with van der Waals surface area (Å²) in [6.07, 6.45) is 4.14. The summed E-state index contributed by atoms with van der Waals surface area (Å²) in [6, 6.07) is 5.01. The summed E-state index contributed by atoms with van der Waals surface area (Å²) >= 11 is 0. The van der Waals surface area contributed by atoms with Crippen LogP contribution in [0.5, 0.6) is 0 Å². The lowest BCUT2D eigenvalue weighted by molar-refractivity contribution is 0.0670. The lowest BCUT2D eigenvalue weighted by Gasteiger charge is -2.24. The third kappa shape index (κ3) is 3.42. The second-order valence-electron chi connectivity index (χ2n) is 7.27. The van der Waals surface area contributed by atoms with Crippen molar-refractivity contribution in [1.29, 1.82) is 0 Å². The van der Waals surface area contributed by atoms with Crippen LogP contribution in [0.15, 0.2) is 36.7 Å². The van der Waals surface area contributed by atoms with Crippen LogP contribution >= 0.6 is 0 Å². The fourth-order valence-corrected chi connectivity index (χ4v) is 3.75. The van der Waals surface area contributed by atoms with Crippen LogP contribution in [0.4, 0.5) is 10.2 Å². The van der Waals surface area contributed by atoms with Crippen molar-refractivity contribution in [3.63, 3.8) is 0 Å². The number of halogens is 1. The first-order chi connectivity index (χ1) is 14.4. The summed E-state index contributed by atoms with van der Waals surface area (Å²) in [5, 5.41) is 4.18. The molecule has 2 aromatic heterocycles. The van der Waals surface area contributed by atoms with E-state index < -0.39 is 6.04 Å². The quantitative estimate of drug-likeness (QED) is 0.665.